The van der Waals surface area contributed by atoms with Crippen LogP contribution in [0, 0.1) is 0 Å². The van der Waals surface area contributed by atoms with Crippen LogP contribution in [0.1, 0.15) is 20.7 Å². The number of imide groups is 1. The molecular weight excluding hydrogens is 372 g/mol. The van der Waals surface area contributed by atoms with E-state index in [1.165, 1.54) is 26.4 Å². The van der Waals surface area contributed by atoms with Gasteiger partial charge in [0.15, 0.2) is 11.5 Å². The smallest absolute Gasteiger partial charge is 0.261 e. The van der Waals surface area contributed by atoms with Crippen molar-refractivity contribution in [3.8, 4) is 11.5 Å². The van der Waals surface area contributed by atoms with Gasteiger partial charge in [0, 0.05) is 12.6 Å². The second-order valence-electron chi connectivity index (χ2n) is 5.80. The van der Waals surface area contributed by atoms with E-state index in [2.05, 4.69) is 4.72 Å². The average Bonchev–Trinajstić information content (AvgIpc) is 2.90. The summed E-state index contributed by atoms with van der Waals surface area (Å²) in [4.78, 5) is 25.5. The molecule has 142 valence electrons. The molecule has 1 aliphatic heterocycles. The first kappa shape index (κ1) is 18.7. The minimum atomic E-state index is -3.79. The largest absolute Gasteiger partial charge is 0.493 e. The van der Waals surface area contributed by atoms with Crippen molar-refractivity contribution in [2.24, 2.45) is 0 Å². The molecule has 1 aliphatic rings. The second-order valence-corrected chi connectivity index (χ2v) is 7.64. The number of benzene rings is 2. The van der Waals surface area contributed by atoms with Gasteiger partial charge in [-0.3, -0.25) is 19.2 Å². The molecule has 8 nitrogen and oxygen atoms in total. The molecule has 0 radical (unpaired) electrons. The number of nitrogens with zero attached hydrogens (tertiary/aromatic N) is 1. The van der Waals surface area contributed by atoms with Crippen LogP contribution >= 0.6 is 0 Å². The molecule has 0 unspecified atom stereocenters. The predicted octanol–water partition coefficient (Wildman–Crippen LogP) is 1.74. The van der Waals surface area contributed by atoms with Crippen molar-refractivity contribution in [1.82, 2.24) is 4.90 Å². The summed E-state index contributed by atoms with van der Waals surface area (Å²) in [6.07, 6.45) is 0. The lowest BCUT2D eigenvalue weighted by atomic mass is 10.1. The maximum atomic E-state index is 12.4. The molecule has 3 rings (SSSR count). The fourth-order valence-electron chi connectivity index (χ4n) is 2.78. The van der Waals surface area contributed by atoms with Crippen LogP contribution in [0.2, 0.25) is 0 Å². The van der Waals surface area contributed by atoms with Crippen molar-refractivity contribution < 1.29 is 27.5 Å². The Morgan fingerprint density at radius 2 is 1.52 bits per heavy atom. The van der Waals surface area contributed by atoms with Crippen molar-refractivity contribution in [3.05, 3.63) is 53.6 Å². The van der Waals surface area contributed by atoms with E-state index in [1.807, 2.05) is 0 Å². The van der Waals surface area contributed by atoms with Gasteiger partial charge in [-0.05, 0) is 24.3 Å². The number of ether oxygens (including phenoxy) is 2. The highest BCUT2D eigenvalue weighted by molar-refractivity contribution is 7.92. The maximum Gasteiger partial charge on any atom is 0.261 e. The van der Waals surface area contributed by atoms with Crippen LogP contribution in [0.4, 0.5) is 5.69 Å². The first-order valence-corrected chi connectivity index (χ1v) is 9.69. The normalized spacial score (nSPS) is 13.5. The second kappa shape index (κ2) is 7.28. The van der Waals surface area contributed by atoms with Gasteiger partial charge in [-0.2, -0.15) is 0 Å². The summed E-state index contributed by atoms with van der Waals surface area (Å²) in [5.41, 5.74) is 0.857. The molecule has 27 heavy (non-hydrogen) atoms. The van der Waals surface area contributed by atoms with Gasteiger partial charge in [-0.25, -0.2) is 8.42 Å². The van der Waals surface area contributed by atoms with Gasteiger partial charge in [-0.15, -0.1) is 0 Å². The van der Waals surface area contributed by atoms with Gasteiger partial charge in [0.05, 0.1) is 36.8 Å². The number of hydrogen-bond acceptors (Lipinski definition) is 6. The van der Waals surface area contributed by atoms with Gasteiger partial charge < -0.3 is 9.47 Å². The van der Waals surface area contributed by atoms with Crippen LogP contribution in [0.5, 0.6) is 11.5 Å². The van der Waals surface area contributed by atoms with Crippen molar-refractivity contribution in [3.63, 3.8) is 0 Å². The summed E-state index contributed by atoms with van der Waals surface area (Å²) in [5.74, 6) is -0.564. The Kier molecular flexibility index (Phi) is 5.04. The third kappa shape index (κ3) is 3.72. The number of fused-ring (bicyclic) bond motifs is 1. The van der Waals surface area contributed by atoms with E-state index < -0.39 is 27.6 Å². The number of hydrogen-bond donors (Lipinski definition) is 1. The maximum absolute atomic E-state index is 12.4. The molecule has 0 saturated heterocycles. The molecule has 0 saturated carbocycles. The van der Waals surface area contributed by atoms with E-state index in [9.17, 15) is 18.0 Å². The standard InChI is InChI=1S/C18H18N2O6S/c1-25-15-8-7-12(11-16(15)26-2)19-27(23,24)10-9-20-17(21)13-5-3-4-6-14(13)18(20)22/h3-8,11,19H,9-10H2,1-2H3. The van der Waals surface area contributed by atoms with Gasteiger partial charge in [0.25, 0.3) is 11.8 Å². The molecule has 0 bridgehead atoms. The Morgan fingerprint density at radius 1 is 0.926 bits per heavy atom. The van der Waals surface area contributed by atoms with E-state index in [0.717, 1.165) is 4.90 Å². The molecule has 0 atom stereocenters. The van der Waals surface area contributed by atoms with E-state index in [1.54, 1.807) is 30.3 Å². The Balaban J connectivity index is 1.69. The lowest BCUT2D eigenvalue weighted by Crippen LogP contribution is -2.35. The van der Waals surface area contributed by atoms with E-state index in [-0.39, 0.29) is 23.4 Å². The molecular formula is C18H18N2O6S. The summed E-state index contributed by atoms with van der Waals surface area (Å²) in [7, 11) is -0.874. The lowest BCUT2D eigenvalue weighted by Gasteiger charge is -2.15. The van der Waals surface area contributed by atoms with Crippen LogP contribution in [0.3, 0.4) is 0 Å². The van der Waals surface area contributed by atoms with Crippen molar-refractivity contribution in [2.45, 2.75) is 0 Å². The Bertz CT molecular complexity index is 968. The Hall–Kier alpha value is -3.07. The minimum absolute atomic E-state index is 0.241. The zero-order valence-corrected chi connectivity index (χ0v) is 15.6. The number of nitrogens with one attached hydrogen (secondary N) is 1. The first-order chi connectivity index (χ1) is 12.9. The molecule has 1 N–H and O–H groups in total. The molecule has 0 fully saturated rings. The number of methoxy groups -OCH3 is 2. The molecule has 2 aromatic carbocycles. The summed E-state index contributed by atoms with van der Waals surface area (Å²) >= 11 is 0. The van der Waals surface area contributed by atoms with Gasteiger partial charge >= 0.3 is 0 Å². The zero-order valence-electron chi connectivity index (χ0n) is 14.8. The van der Waals surface area contributed by atoms with Crippen molar-refractivity contribution in [2.75, 3.05) is 31.2 Å². The van der Waals surface area contributed by atoms with Crippen LogP contribution in [0.25, 0.3) is 0 Å². The molecule has 0 aliphatic carbocycles. The van der Waals surface area contributed by atoms with Crippen LogP contribution in [-0.4, -0.2) is 51.6 Å². The number of sulfonamides is 1. The first-order valence-electron chi connectivity index (χ1n) is 8.04. The molecule has 0 aromatic heterocycles. The highest BCUT2D eigenvalue weighted by Crippen LogP contribution is 2.30. The minimum Gasteiger partial charge on any atom is -0.493 e. The average molecular weight is 390 g/mol. The fraction of sp³-hybridized carbons (Fsp3) is 0.222. The van der Waals surface area contributed by atoms with Crippen LogP contribution in [0.15, 0.2) is 42.5 Å². The predicted molar refractivity (Wildman–Crippen MR) is 98.8 cm³/mol. The Morgan fingerprint density at radius 3 is 2.07 bits per heavy atom. The number of rotatable bonds is 7. The quantitative estimate of drug-likeness (QED) is 0.723. The number of carbonyl (C=O) groups excluding carboxylic acids is 2. The molecule has 1 heterocycles. The third-order valence-corrected chi connectivity index (χ3v) is 5.39. The summed E-state index contributed by atoms with van der Waals surface area (Å²) < 4.78 is 37.4. The van der Waals surface area contributed by atoms with E-state index in [0.29, 0.717) is 11.5 Å². The Labute approximate surface area is 156 Å². The molecule has 9 heteroatoms. The fourth-order valence-corrected chi connectivity index (χ4v) is 3.80. The zero-order chi connectivity index (χ0) is 19.6. The SMILES string of the molecule is COc1ccc(NS(=O)(=O)CCN2C(=O)c3ccccc3C2=O)cc1OC. The third-order valence-electron chi connectivity index (χ3n) is 4.12. The van der Waals surface area contributed by atoms with Gasteiger partial charge in [-0.1, -0.05) is 12.1 Å². The topological polar surface area (TPSA) is 102 Å². The highest BCUT2D eigenvalue weighted by atomic mass is 32.2. The van der Waals surface area contributed by atoms with E-state index in [4.69, 9.17) is 9.47 Å². The van der Waals surface area contributed by atoms with Crippen molar-refractivity contribution in [1.29, 1.82) is 0 Å². The van der Waals surface area contributed by atoms with Crippen molar-refractivity contribution >= 4 is 27.5 Å². The monoisotopic (exact) mass is 390 g/mol. The van der Waals surface area contributed by atoms with Gasteiger partial charge in [0.2, 0.25) is 10.0 Å². The van der Waals surface area contributed by atoms with Crippen LogP contribution in [-0.2, 0) is 10.0 Å². The van der Waals surface area contributed by atoms with E-state index >= 15 is 0 Å². The summed E-state index contributed by atoms with van der Waals surface area (Å²) in [6, 6.07) is 11.0. The number of carbonyl (C=O) groups is 2. The number of amides is 2. The summed E-state index contributed by atoms with van der Waals surface area (Å²) in [5, 5.41) is 0. The lowest BCUT2D eigenvalue weighted by molar-refractivity contribution is 0.0664. The molecule has 0 spiro atoms. The molecule has 2 aromatic rings. The van der Waals surface area contributed by atoms with Gasteiger partial charge in [0.1, 0.15) is 0 Å². The summed E-state index contributed by atoms with van der Waals surface area (Å²) in [6.45, 7) is -0.241. The molecule has 2 amide bonds. The van der Waals surface area contributed by atoms with Crippen LogP contribution < -0.4 is 14.2 Å². The number of anilines is 1. The highest BCUT2D eigenvalue weighted by Gasteiger charge is 2.35.